The monoisotopic (exact) mass is 463 g/mol. The molecule has 0 radical (unpaired) electrons. The first-order chi connectivity index (χ1) is 16.5. The number of methoxy groups -OCH3 is 1. The number of nitrogens with one attached hydrogen (secondary N) is 1. The molecule has 5 rings (SSSR count). The summed E-state index contributed by atoms with van der Waals surface area (Å²) in [5.41, 5.74) is 1.52. The normalized spacial score (nSPS) is 18.0. The Morgan fingerprint density at radius 1 is 1.21 bits per heavy atom. The Morgan fingerprint density at radius 3 is 2.82 bits per heavy atom. The fraction of sp³-hybridized carbons (Fsp3) is 0.360. The Hall–Kier alpha value is -3.59. The van der Waals surface area contributed by atoms with Gasteiger partial charge in [-0.15, -0.1) is 0 Å². The lowest BCUT2D eigenvalue weighted by atomic mass is 10.0. The van der Waals surface area contributed by atoms with Gasteiger partial charge in [0.15, 0.2) is 11.6 Å². The molecule has 2 fully saturated rings. The number of hydrogen-bond donors (Lipinski definition) is 2. The molecule has 34 heavy (non-hydrogen) atoms. The van der Waals surface area contributed by atoms with Gasteiger partial charge in [-0.25, -0.2) is 19.3 Å². The standard InChI is InChI=1S/C25H26FN5O3/c1-34-20-6-2-5-18(26)23(20)25-27-10-9-21(30-25)29-22-12-19(31-11-3-4-16(32)14-31)17(13-28-22)24(33)15-7-8-15/h2,5-6,9-10,12-13,15-16,32H,3-4,7-8,11,14H2,1H3,(H,27,28,29,30)/t16-/m0/s1. The van der Waals surface area contributed by atoms with Gasteiger partial charge in [0.25, 0.3) is 0 Å². The average Bonchev–Trinajstić information content (AvgIpc) is 3.69. The Balaban J connectivity index is 1.47. The molecule has 1 aliphatic heterocycles. The van der Waals surface area contributed by atoms with E-state index in [1.807, 2.05) is 11.0 Å². The number of ketones is 1. The maximum absolute atomic E-state index is 14.5. The number of pyridine rings is 1. The molecule has 0 amide bonds. The van der Waals surface area contributed by atoms with Gasteiger partial charge in [0.1, 0.15) is 23.2 Å². The van der Waals surface area contributed by atoms with Crippen LogP contribution in [0.3, 0.4) is 0 Å². The van der Waals surface area contributed by atoms with E-state index in [9.17, 15) is 14.3 Å². The first kappa shape index (κ1) is 22.2. The molecule has 0 spiro atoms. The summed E-state index contributed by atoms with van der Waals surface area (Å²) in [7, 11) is 1.47. The van der Waals surface area contributed by atoms with Gasteiger partial charge >= 0.3 is 0 Å². The summed E-state index contributed by atoms with van der Waals surface area (Å²) in [6, 6.07) is 8.02. The largest absolute Gasteiger partial charge is 0.496 e. The Bertz CT molecular complexity index is 1220. The van der Waals surface area contributed by atoms with Crippen LogP contribution in [0.1, 0.15) is 36.0 Å². The van der Waals surface area contributed by atoms with Crippen LogP contribution in [-0.4, -0.2) is 52.1 Å². The quantitative estimate of drug-likeness (QED) is 0.508. The number of benzene rings is 1. The second kappa shape index (κ2) is 9.34. The molecule has 1 atom stereocenters. The van der Waals surface area contributed by atoms with Crippen molar-refractivity contribution < 1.29 is 19.0 Å². The fourth-order valence-corrected chi connectivity index (χ4v) is 4.28. The molecular weight excluding hydrogens is 437 g/mol. The zero-order valence-electron chi connectivity index (χ0n) is 18.9. The number of halogens is 1. The number of ether oxygens (including phenoxy) is 1. The number of nitrogens with zero attached hydrogens (tertiary/aromatic N) is 4. The lowest BCUT2D eigenvalue weighted by molar-refractivity contribution is 0.0967. The van der Waals surface area contributed by atoms with Crippen LogP contribution in [0, 0.1) is 11.7 Å². The molecule has 1 saturated carbocycles. The molecular formula is C25H26FN5O3. The smallest absolute Gasteiger partial charge is 0.169 e. The minimum atomic E-state index is -0.483. The van der Waals surface area contributed by atoms with Crippen molar-refractivity contribution in [3.8, 4) is 17.1 Å². The summed E-state index contributed by atoms with van der Waals surface area (Å²) < 4.78 is 19.8. The van der Waals surface area contributed by atoms with E-state index in [-0.39, 0.29) is 23.1 Å². The van der Waals surface area contributed by atoms with E-state index in [2.05, 4.69) is 20.3 Å². The number of aliphatic hydroxyl groups is 1. The maximum Gasteiger partial charge on any atom is 0.169 e. The highest BCUT2D eigenvalue weighted by Crippen LogP contribution is 2.37. The molecule has 9 heteroatoms. The van der Waals surface area contributed by atoms with E-state index in [0.717, 1.165) is 37.9 Å². The second-order valence-electron chi connectivity index (χ2n) is 8.67. The average molecular weight is 464 g/mol. The minimum absolute atomic E-state index is 0.0641. The third-order valence-corrected chi connectivity index (χ3v) is 6.16. The van der Waals surface area contributed by atoms with Gasteiger partial charge in [-0.2, -0.15) is 0 Å². The van der Waals surface area contributed by atoms with Crippen molar-refractivity contribution in [2.24, 2.45) is 5.92 Å². The number of carbonyl (C=O) groups is 1. The molecule has 0 bridgehead atoms. The van der Waals surface area contributed by atoms with Crippen molar-refractivity contribution in [1.82, 2.24) is 15.0 Å². The Morgan fingerprint density at radius 2 is 2.06 bits per heavy atom. The zero-order valence-corrected chi connectivity index (χ0v) is 18.9. The van der Waals surface area contributed by atoms with Crippen LogP contribution in [0.2, 0.25) is 0 Å². The fourth-order valence-electron chi connectivity index (χ4n) is 4.28. The van der Waals surface area contributed by atoms with Crippen LogP contribution < -0.4 is 15.0 Å². The van der Waals surface area contributed by atoms with Crippen LogP contribution in [0.15, 0.2) is 42.7 Å². The molecule has 2 aliphatic rings. The zero-order chi connectivity index (χ0) is 23.7. The van der Waals surface area contributed by atoms with Gasteiger partial charge in [-0.05, 0) is 43.9 Å². The second-order valence-corrected chi connectivity index (χ2v) is 8.67. The third-order valence-electron chi connectivity index (χ3n) is 6.16. The number of aliphatic hydroxyl groups excluding tert-OH is 1. The first-order valence-corrected chi connectivity index (χ1v) is 11.4. The van der Waals surface area contributed by atoms with Crippen molar-refractivity contribution in [3.63, 3.8) is 0 Å². The summed E-state index contributed by atoms with van der Waals surface area (Å²) in [6.45, 7) is 1.23. The van der Waals surface area contributed by atoms with Gasteiger partial charge < -0.3 is 20.1 Å². The van der Waals surface area contributed by atoms with E-state index >= 15 is 0 Å². The number of rotatable bonds is 7. The SMILES string of the molecule is COc1cccc(F)c1-c1nccc(Nc2cc(N3CCC[C@H](O)C3)c(C(=O)C3CC3)cn2)n1. The van der Waals surface area contributed by atoms with Gasteiger partial charge in [0.05, 0.1) is 30.0 Å². The third kappa shape index (κ3) is 4.56. The van der Waals surface area contributed by atoms with Crippen LogP contribution in [0.5, 0.6) is 5.75 Å². The molecule has 2 aromatic heterocycles. The Labute approximate surface area is 196 Å². The number of anilines is 3. The number of hydrogen-bond acceptors (Lipinski definition) is 8. The minimum Gasteiger partial charge on any atom is -0.496 e. The summed E-state index contributed by atoms with van der Waals surface area (Å²) in [6.07, 6.45) is 6.12. The number of β-amino-alcohol motifs (C(OH)–C–C–N with tert-alkyl or cyclic N) is 1. The van der Waals surface area contributed by atoms with Crippen LogP contribution in [0.4, 0.5) is 21.7 Å². The highest BCUT2D eigenvalue weighted by Gasteiger charge is 2.33. The van der Waals surface area contributed by atoms with E-state index in [1.54, 1.807) is 24.4 Å². The summed E-state index contributed by atoms with van der Waals surface area (Å²) in [5.74, 6) is 1.12. The number of Topliss-reactive ketones (excluding diaryl/α,β-unsaturated/α-hetero) is 1. The van der Waals surface area contributed by atoms with Crippen molar-refractivity contribution in [1.29, 1.82) is 0 Å². The lowest BCUT2D eigenvalue weighted by Gasteiger charge is -2.33. The van der Waals surface area contributed by atoms with Gasteiger partial charge in [-0.3, -0.25) is 4.79 Å². The summed E-state index contributed by atoms with van der Waals surface area (Å²) in [4.78, 5) is 28.1. The van der Waals surface area contributed by atoms with E-state index in [0.29, 0.717) is 29.5 Å². The molecule has 3 heterocycles. The molecule has 3 aromatic rings. The highest BCUT2D eigenvalue weighted by atomic mass is 19.1. The molecule has 176 valence electrons. The van der Waals surface area contributed by atoms with Crippen molar-refractivity contribution in [2.45, 2.75) is 31.8 Å². The van der Waals surface area contributed by atoms with Gasteiger partial charge in [0, 0.05) is 37.5 Å². The summed E-state index contributed by atoms with van der Waals surface area (Å²) in [5, 5.41) is 13.3. The topological polar surface area (TPSA) is 100 Å². The molecule has 1 aromatic carbocycles. The van der Waals surface area contributed by atoms with Gasteiger partial charge in [-0.1, -0.05) is 6.07 Å². The molecule has 0 unspecified atom stereocenters. The number of aromatic nitrogens is 3. The predicted molar refractivity (Wildman–Crippen MR) is 126 cm³/mol. The number of piperidine rings is 1. The summed E-state index contributed by atoms with van der Waals surface area (Å²) >= 11 is 0. The maximum atomic E-state index is 14.5. The molecule has 1 saturated heterocycles. The van der Waals surface area contributed by atoms with E-state index in [4.69, 9.17) is 4.74 Å². The van der Waals surface area contributed by atoms with Crippen molar-refractivity contribution in [2.75, 3.05) is 30.4 Å². The highest BCUT2D eigenvalue weighted by molar-refractivity contribution is 6.04. The van der Waals surface area contributed by atoms with E-state index in [1.165, 1.54) is 19.4 Å². The molecule has 1 aliphatic carbocycles. The van der Waals surface area contributed by atoms with Crippen LogP contribution in [0.25, 0.3) is 11.4 Å². The molecule has 8 nitrogen and oxygen atoms in total. The van der Waals surface area contributed by atoms with Gasteiger partial charge in [0.2, 0.25) is 0 Å². The van der Waals surface area contributed by atoms with E-state index < -0.39 is 11.9 Å². The van der Waals surface area contributed by atoms with Crippen molar-refractivity contribution >= 4 is 23.1 Å². The lowest BCUT2D eigenvalue weighted by Crippen LogP contribution is -2.39. The Kier molecular flexibility index (Phi) is 6.10. The number of carbonyl (C=O) groups excluding carboxylic acids is 1. The molecule has 2 N–H and O–H groups in total. The van der Waals surface area contributed by atoms with Crippen molar-refractivity contribution in [3.05, 3.63) is 54.1 Å². The first-order valence-electron chi connectivity index (χ1n) is 11.4. The van der Waals surface area contributed by atoms with Crippen LogP contribution >= 0.6 is 0 Å². The van der Waals surface area contributed by atoms with Crippen LogP contribution in [-0.2, 0) is 0 Å². The predicted octanol–water partition coefficient (Wildman–Crippen LogP) is 3.98.